The first-order chi connectivity index (χ1) is 11.0. The van der Waals surface area contributed by atoms with E-state index >= 15 is 0 Å². The highest BCUT2D eigenvalue weighted by Crippen LogP contribution is 2.19. The summed E-state index contributed by atoms with van der Waals surface area (Å²) in [5, 5.41) is 11.5. The Balaban J connectivity index is 1.81. The summed E-state index contributed by atoms with van der Waals surface area (Å²) < 4.78 is 3.39. The van der Waals surface area contributed by atoms with E-state index in [-0.39, 0.29) is 11.9 Å². The second-order valence-corrected chi connectivity index (χ2v) is 5.66. The van der Waals surface area contributed by atoms with Gasteiger partial charge in [-0.15, -0.1) is 0 Å². The predicted molar refractivity (Wildman–Crippen MR) is 89.2 cm³/mol. The van der Waals surface area contributed by atoms with Crippen LogP contribution in [0.4, 0.5) is 5.69 Å². The molecular formula is C17H19N5O. The molecule has 0 aliphatic rings. The molecule has 0 saturated carbocycles. The van der Waals surface area contributed by atoms with Crippen molar-refractivity contribution in [3.05, 3.63) is 54.5 Å². The summed E-state index contributed by atoms with van der Waals surface area (Å²) in [5.41, 5.74) is 2.93. The van der Waals surface area contributed by atoms with Crippen LogP contribution in [0.25, 0.3) is 11.3 Å². The maximum Gasteiger partial charge on any atom is 0.274 e. The smallest absolute Gasteiger partial charge is 0.274 e. The second-order valence-electron chi connectivity index (χ2n) is 5.66. The second kappa shape index (κ2) is 6.08. The molecule has 0 unspecified atom stereocenters. The molecule has 0 atom stereocenters. The van der Waals surface area contributed by atoms with Crippen molar-refractivity contribution in [3.63, 3.8) is 0 Å². The summed E-state index contributed by atoms with van der Waals surface area (Å²) in [6.07, 6.45) is 3.46. The molecule has 1 amide bonds. The van der Waals surface area contributed by atoms with Gasteiger partial charge >= 0.3 is 0 Å². The topological polar surface area (TPSA) is 64.7 Å². The van der Waals surface area contributed by atoms with Crippen LogP contribution in [0.3, 0.4) is 0 Å². The molecule has 0 aliphatic carbocycles. The number of amides is 1. The van der Waals surface area contributed by atoms with E-state index in [9.17, 15) is 4.79 Å². The molecule has 23 heavy (non-hydrogen) atoms. The molecule has 0 fully saturated rings. The molecule has 0 bridgehead atoms. The summed E-state index contributed by atoms with van der Waals surface area (Å²) in [6.45, 7) is 4.07. The molecule has 2 heterocycles. The Hall–Kier alpha value is -2.89. The van der Waals surface area contributed by atoms with Gasteiger partial charge in [0.2, 0.25) is 0 Å². The number of aromatic nitrogens is 4. The van der Waals surface area contributed by atoms with Crippen molar-refractivity contribution in [2.24, 2.45) is 7.05 Å². The summed E-state index contributed by atoms with van der Waals surface area (Å²) >= 11 is 0. The number of carbonyl (C=O) groups excluding carboxylic acids is 1. The van der Waals surface area contributed by atoms with Crippen molar-refractivity contribution >= 4 is 11.6 Å². The maximum absolute atomic E-state index is 12.4. The predicted octanol–water partition coefficient (Wildman–Crippen LogP) is 3.12. The average molecular weight is 309 g/mol. The van der Waals surface area contributed by atoms with E-state index in [4.69, 9.17) is 0 Å². The standard InChI is InChI=1S/C17H19N5O/c1-12(2)22-11-14(10-18-22)19-17(23)16-9-15(20-21(16)3)13-7-5-4-6-8-13/h4-12H,1-3H3,(H,19,23). The Bertz CT molecular complexity index is 817. The molecule has 0 radical (unpaired) electrons. The van der Waals surface area contributed by atoms with Gasteiger partial charge in [0, 0.05) is 24.8 Å². The lowest BCUT2D eigenvalue weighted by Crippen LogP contribution is -2.15. The van der Waals surface area contributed by atoms with Gasteiger partial charge in [-0.1, -0.05) is 30.3 Å². The lowest BCUT2D eigenvalue weighted by molar-refractivity contribution is 0.101. The first-order valence-corrected chi connectivity index (χ1v) is 7.49. The third-order valence-corrected chi connectivity index (χ3v) is 3.57. The fourth-order valence-corrected chi connectivity index (χ4v) is 2.31. The molecule has 118 valence electrons. The Kier molecular flexibility index (Phi) is 3.97. The monoisotopic (exact) mass is 309 g/mol. The van der Waals surface area contributed by atoms with Crippen LogP contribution in [0.2, 0.25) is 0 Å². The third-order valence-electron chi connectivity index (χ3n) is 3.57. The van der Waals surface area contributed by atoms with Gasteiger partial charge < -0.3 is 5.32 Å². The van der Waals surface area contributed by atoms with Crippen molar-refractivity contribution in [1.29, 1.82) is 0 Å². The minimum absolute atomic E-state index is 0.203. The van der Waals surface area contributed by atoms with E-state index in [1.807, 2.05) is 50.4 Å². The molecule has 6 nitrogen and oxygen atoms in total. The minimum atomic E-state index is -0.203. The van der Waals surface area contributed by atoms with Gasteiger partial charge in [0.1, 0.15) is 5.69 Å². The molecule has 3 rings (SSSR count). The van der Waals surface area contributed by atoms with Crippen LogP contribution in [0.1, 0.15) is 30.4 Å². The maximum atomic E-state index is 12.4. The van der Waals surface area contributed by atoms with Crippen LogP contribution >= 0.6 is 0 Å². The number of hydrogen-bond donors (Lipinski definition) is 1. The van der Waals surface area contributed by atoms with Crippen molar-refractivity contribution in [3.8, 4) is 11.3 Å². The molecule has 2 aromatic heterocycles. The van der Waals surface area contributed by atoms with Crippen LogP contribution in [0, 0.1) is 0 Å². The van der Waals surface area contributed by atoms with Crippen LogP contribution < -0.4 is 5.32 Å². The minimum Gasteiger partial charge on any atom is -0.318 e. The fraction of sp³-hybridized carbons (Fsp3) is 0.235. The van der Waals surface area contributed by atoms with Gasteiger partial charge in [-0.25, -0.2) is 0 Å². The van der Waals surface area contributed by atoms with Gasteiger partial charge in [-0.05, 0) is 19.9 Å². The summed E-state index contributed by atoms with van der Waals surface area (Å²) in [6, 6.07) is 11.8. The Morgan fingerprint density at radius 1 is 1.22 bits per heavy atom. The van der Waals surface area contributed by atoms with Gasteiger partial charge in [-0.3, -0.25) is 14.2 Å². The third kappa shape index (κ3) is 3.15. The lowest BCUT2D eigenvalue weighted by atomic mass is 10.1. The number of carbonyl (C=O) groups is 1. The molecule has 3 aromatic rings. The molecule has 0 saturated heterocycles. The van der Waals surface area contributed by atoms with Crippen LogP contribution in [-0.4, -0.2) is 25.5 Å². The van der Waals surface area contributed by atoms with E-state index in [1.165, 1.54) is 0 Å². The largest absolute Gasteiger partial charge is 0.318 e. The first kappa shape index (κ1) is 15.0. The zero-order valence-corrected chi connectivity index (χ0v) is 13.4. The SMILES string of the molecule is CC(C)n1cc(NC(=O)c2cc(-c3ccccc3)nn2C)cn1. The molecule has 1 aromatic carbocycles. The number of rotatable bonds is 4. The number of hydrogen-bond acceptors (Lipinski definition) is 3. The average Bonchev–Trinajstić information content (AvgIpc) is 3.15. The molecule has 0 spiro atoms. The Morgan fingerprint density at radius 2 is 1.96 bits per heavy atom. The highest BCUT2D eigenvalue weighted by atomic mass is 16.2. The van der Waals surface area contributed by atoms with E-state index in [2.05, 4.69) is 15.5 Å². The van der Waals surface area contributed by atoms with E-state index < -0.39 is 0 Å². The van der Waals surface area contributed by atoms with Gasteiger partial charge in [0.05, 0.1) is 17.6 Å². The number of benzene rings is 1. The zero-order valence-electron chi connectivity index (χ0n) is 13.4. The van der Waals surface area contributed by atoms with Crippen LogP contribution in [0.5, 0.6) is 0 Å². The number of nitrogens with zero attached hydrogens (tertiary/aromatic N) is 4. The van der Waals surface area contributed by atoms with Crippen molar-refractivity contribution in [1.82, 2.24) is 19.6 Å². The first-order valence-electron chi connectivity index (χ1n) is 7.49. The van der Waals surface area contributed by atoms with Crippen molar-refractivity contribution in [2.45, 2.75) is 19.9 Å². The van der Waals surface area contributed by atoms with E-state index in [0.717, 1.165) is 11.3 Å². The highest BCUT2D eigenvalue weighted by Gasteiger charge is 2.15. The number of anilines is 1. The van der Waals surface area contributed by atoms with Crippen molar-refractivity contribution < 1.29 is 4.79 Å². The Morgan fingerprint density at radius 3 is 2.61 bits per heavy atom. The quantitative estimate of drug-likeness (QED) is 0.805. The van der Waals surface area contributed by atoms with Crippen LogP contribution in [-0.2, 0) is 7.05 Å². The number of aryl methyl sites for hydroxylation is 1. The zero-order chi connectivity index (χ0) is 16.4. The molecule has 1 N–H and O–H groups in total. The summed E-state index contributed by atoms with van der Waals surface area (Å²) in [5.74, 6) is -0.203. The van der Waals surface area contributed by atoms with Gasteiger partial charge in [-0.2, -0.15) is 10.2 Å². The van der Waals surface area contributed by atoms with Crippen molar-refractivity contribution in [2.75, 3.05) is 5.32 Å². The van der Waals surface area contributed by atoms with Gasteiger partial charge in [0.15, 0.2) is 0 Å². The normalized spacial score (nSPS) is 11.0. The highest BCUT2D eigenvalue weighted by molar-refractivity contribution is 6.03. The van der Waals surface area contributed by atoms with E-state index in [1.54, 1.807) is 28.7 Å². The Labute approximate surface area is 134 Å². The lowest BCUT2D eigenvalue weighted by Gasteiger charge is -2.04. The summed E-state index contributed by atoms with van der Waals surface area (Å²) in [7, 11) is 1.76. The molecule has 0 aliphatic heterocycles. The molecular weight excluding hydrogens is 290 g/mol. The fourth-order valence-electron chi connectivity index (χ4n) is 2.31. The van der Waals surface area contributed by atoms with Gasteiger partial charge in [0.25, 0.3) is 5.91 Å². The van der Waals surface area contributed by atoms with Crippen LogP contribution in [0.15, 0.2) is 48.8 Å². The summed E-state index contributed by atoms with van der Waals surface area (Å²) in [4.78, 5) is 12.4. The van der Waals surface area contributed by atoms with E-state index in [0.29, 0.717) is 11.4 Å². The molecule has 6 heteroatoms. The number of nitrogens with one attached hydrogen (secondary N) is 1.